The number of carbonyl (C=O) groups excluding carboxylic acids is 2. The molecule has 4 nitrogen and oxygen atoms in total. The van der Waals surface area contributed by atoms with Crippen molar-refractivity contribution in [3.63, 3.8) is 0 Å². The largest absolute Gasteiger partial charge is 0.444 e. The molecular formula is C13H19NO3. The highest BCUT2D eigenvalue weighted by Gasteiger charge is 2.29. The van der Waals surface area contributed by atoms with E-state index in [9.17, 15) is 9.59 Å². The summed E-state index contributed by atoms with van der Waals surface area (Å²) < 4.78 is 5.26. The van der Waals surface area contributed by atoms with Gasteiger partial charge in [0.25, 0.3) is 0 Å². The minimum Gasteiger partial charge on any atom is -0.444 e. The maximum Gasteiger partial charge on any atom is 0.410 e. The average molecular weight is 237 g/mol. The van der Waals surface area contributed by atoms with E-state index in [4.69, 9.17) is 11.2 Å². The molecule has 0 radical (unpaired) electrons. The minimum absolute atomic E-state index is 0.0984. The molecule has 0 aromatic rings. The van der Waals surface area contributed by atoms with Crippen LogP contribution >= 0.6 is 0 Å². The summed E-state index contributed by atoms with van der Waals surface area (Å²) in [4.78, 5) is 24.7. The molecule has 1 saturated heterocycles. The molecule has 1 rings (SSSR count). The van der Waals surface area contributed by atoms with E-state index < -0.39 is 5.60 Å². The lowest BCUT2D eigenvalue weighted by molar-refractivity contribution is -0.118. The molecule has 0 aliphatic carbocycles. The van der Waals surface area contributed by atoms with Crippen LogP contribution in [-0.2, 0) is 9.53 Å². The monoisotopic (exact) mass is 237 g/mol. The van der Waals surface area contributed by atoms with E-state index in [1.54, 1.807) is 4.90 Å². The number of Topliss-reactive ketones (excluding diaryl/α,β-unsaturated/α-hetero) is 1. The zero-order valence-corrected chi connectivity index (χ0v) is 10.7. The quantitative estimate of drug-likeness (QED) is 0.516. The van der Waals surface area contributed by atoms with Crippen LogP contribution in [0, 0.1) is 18.3 Å². The van der Waals surface area contributed by atoms with E-state index in [1.807, 2.05) is 20.8 Å². The predicted molar refractivity (Wildman–Crippen MR) is 64.4 cm³/mol. The minimum atomic E-state index is -0.484. The van der Waals surface area contributed by atoms with E-state index in [2.05, 4.69) is 5.92 Å². The standard InChI is InChI=1S/C13H19NO3/c1-5-11(15)10-6-8-14(9-7-10)12(16)17-13(2,3)4/h1,10H,6-9H2,2-4H3. The summed E-state index contributed by atoms with van der Waals surface area (Å²) in [5.74, 6) is 1.89. The van der Waals surface area contributed by atoms with E-state index in [1.165, 1.54) is 0 Å². The number of terminal acetylenes is 1. The highest BCUT2D eigenvalue weighted by atomic mass is 16.6. The van der Waals surface area contributed by atoms with Gasteiger partial charge < -0.3 is 9.64 Å². The molecule has 1 heterocycles. The van der Waals surface area contributed by atoms with E-state index in [0.29, 0.717) is 25.9 Å². The van der Waals surface area contributed by atoms with Gasteiger partial charge in [-0.2, -0.15) is 0 Å². The van der Waals surface area contributed by atoms with Crippen LogP contribution in [0.1, 0.15) is 33.6 Å². The van der Waals surface area contributed by atoms with Crippen molar-refractivity contribution in [2.24, 2.45) is 5.92 Å². The van der Waals surface area contributed by atoms with E-state index in [0.717, 1.165) is 0 Å². The third-order valence-electron chi connectivity index (χ3n) is 2.66. The van der Waals surface area contributed by atoms with Crippen molar-refractivity contribution < 1.29 is 14.3 Å². The summed E-state index contributed by atoms with van der Waals surface area (Å²) in [6.45, 7) is 6.57. The molecule has 0 aromatic carbocycles. The van der Waals surface area contributed by atoms with Crippen LogP contribution in [0.2, 0.25) is 0 Å². The number of amides is 1. The summed E-state index contributed by atoms with van der Waals surface area (Å²) in [5, 5.41) is 0. The van der Waals surface area contributed by atoms with Crippen molar-refractivity contribution in [2.45, 2.75) is 39.2 Å². The van der Waals surface area contributed by atoms with Gasteiger partial charge in [-0.3, -0.25) is 4.79 Å². The molecule has 1 aliphatic heterocycles. The lowest BCUT2D eigenvalue weighted by Gasteiger charge is -2.32. The van der Waals surface area contributed by atoms with Crippen molar-refractivity contribution in [3.05, 3.63) is 0 Å². The van der Waals surface area contributed by atoms with Crippen molar-refractivity contribution in [3.8, 4) is 12.3 Å². The molecule has 1 aliphatic rings. The molecule has 1 amide bonds. The number of ether oxygens (including phenoxy) is 1. The summed E-state index contributed by atoms with van der Waals surface area (Å²) in [5.41, 5.74) is -0.484. The van der Waals surface area contributed by atoms with E-state index in [-0.39, 0.29) is 17.8 Å². The normalized spacial score (nSPS) is 17.4. The lowest BCUT2D eigenvalue weighted by Crippen LogP contribution is -2.42. The van der Waals surface area contributed by atoms with Gasteiger partial charge in [0, 0.05) is 19.0 Å². The summed E-state index contributed by atoms with van der Waals surface area (Å²) in [7, 11) is 0. The Kier molecular flexibility index (Phi) is 4.17. The van der Waals surface area contributed by atoms with Crippen LogP contribution in [0.15, 0.2) is 0 Å². The van der Waals surface area contributed by atoms with E-state index >= 15 is 0 Å². The second-order valence-corrected chi connectivity index (χ2v) is 5.25. The molecule has 0 spiro atoms. The lowest BCUT2D eigenvalue weighted by atomic mass is 9.93. The summed E-state index contributed by atoms with van der Waals surface area (Å²) in [6, 6.07) is 0. The molecule has 4 heteroatoms. The second-order valence-electron chi connectivity index (χ2n) is 5.25. The Bertz CT molecular complexity index is 341. The number of ketones is 1. The number of piperidine rings is 1. The van der Waals surface area contributed by atoms with Gasteiger partial charge in [0.2, 0.25) is 5.78 Å². The zero-order chi connectivity index (χ0) is 13.1. The average Bonchev–Trinajstić information content (AvgIpc) is 2.26. The molecule has 0 saturated carbocycles. The highest BCUT2D eigenvalue weighted by molar-refractivity contribution is 5.96. The molecule has 0 unspecified atom stereocenters. The number of hydrogen-bond donors (Lipinski definition) is 0. The SMILES string of the molecule is C#CC(=O)C1CCN(C(=O)OC(C)(C)C)CC1. The van der Waals surface area contributed by atoms with Crippen LogP contribution < -0.4 is 0 Å². The fourth-order valence-corrected chi connectivity index (χ4v) is 1.77. The molecule has 0 N–H and O–H groups in total. The molecule has 94 valence electrons. The first-order valence-electron chi connectivity index (χ1n) is 5.82. The Hall–Kier alpha value is -1.50. The van der Waals surface area contributed by atoms with Gasteiger partial charge in [0.15, 0.2) is 0 Å². The number of hydrogen-bond acceptors (Lipinski definition) is 3. The van der Waals surface area contributed by atoms with Crippen molar-refractivity contribution in [1.29, 1.82) is 0 Å². The smallest absolute Gasteiger partial charge is 0.410 e. The second kappa shape index (κ2) is 5.22. The number of rotatable bonds is 1. The predicted octanol–water partition coefficient (Wildman–Crippen LogP) is 1.84. The summed E-state index contributed by atoms with van der Waals surface area (Å²) in [6.07, 6.45) is 6.01. The Labute approximate surface area is 102 Å². The van der Waals surface area contributed by atoms with Crippen LogP contribution in [0.5, 0.6) is 0 Å². The van der Waals surface area contributed by atoms with Crippen molar-refractivity contribution in [2.75, 3.05) is 13.1 Å². The maximum absolute atomic E-state index is 11.7. The molecule has 1 fully saturated rings. The first-order chi connectivity index (χ1) is 7.83. The fraction of sp³-hybridized carbons (Fsp3) is 0.692. The Morgan fingerprint density at radius 1 is 1.29 bits per heavy atom. The molecule has 17 heavy (non-hydrogen) atoms. The van der Waals surface area contributed by atoms with Crippen LogP contribution in [0.3, 0.4) is 0 Å². The first kappa shape index (κ1) is 13.6. The van der Waals surface area contributed by atoms with Crippen LogP contribution in [0.4, 0.5) is 4.79 Å². The van der Waals surface area contributed by atoms with Crippen molar-refractivity contribution >= 4 is 11.9 Å². The van der Waals surface area contributed by atoms with Gasteiger partial charge in [-0.05, 0) is 39.5 Å². The molecule has 0 bridgehead atoms. The zero-order valence-electron chi connectivity index (χ0n) is 10.7. The molecule has 0 aromatic heterocycles. The van der Waals surface area contributed by atoms with Gasteiger partial charge in [0.1, 0.15) is 5.60 Å². The Morgan fingerprint density at radius 2 is 1.82 bits per heavy atom. The molecular weight excluding hydrogens is 218 g/mol. The highest BCUT2D eigenvalue weighted by Crippen LogP contribution is 2.20. The third kappa shape index (κ3) is 4.10. The van der Waals surface area contributed by atoms with Gasteiger partial charge in [-0.15, -0.1) is 6.42 Å². The topological polar surface area (TPSA) is 46.6 Å². The Morgan fingerprint density at radius 3 is 2.24 bits per heavy atom. The third-order valence-corrected chi connectivity index (χ3v) is 2.66. The van der Waals surface area contributed by atoms with Crippen LogP contribution in [0.25, 0.3) is 0 Å². The number of carbonyl (C=O) groups is 2. The fourth-order valence-electron chi connectivity index (χ4n) is 1.77. The molecule has 0 atom stereocenters. The van der Waals surface area contributed by atoms with Gasteiger partial charge in [-0.1, -0.05) is 0 Å². The van der Waals surface area contributed by atoms with Gasteiger partial charge in [-0.25, -0.2) is 4.79 Å². The van der Waals surface area contributed by atoms with Gasteiger partial charge >= 0.3 is 6.09 Å². The Balaban J connectivity index is 2.45. The first-order valence-corrected chi connectivity index (χ1v) is 5.82. The number of likely N-dealkylation sites (tertiary alicyclic amines) is 1. The summed E-state index contributed by atoms with van der Waals surface area (Å²) >= 11 is 0. The maximum atomic E-state index is 11.7. The number of nitrogens with zero attached hydrogens (tertiary/aromatic N) is 1. The van der Waals surface area contributed by atoms with Gasteiger partial charge in [0.05, 0.1) is 0 Å². The van der Waals surface area contributed by atoms with Crippen LogP contribution in [-0.4, -0.2) is 35.5 Å². The van der Waals surface area contributed by atoms with Crippen molar-refractivity contribution in [1.82, 2.24) is 4.90 Å².